The fourth-order valence-electron chi connectivity index (χ4n) is 3.45. The van der Waals surface area contributed by atoms with Crippen LogP contribution in [-0.2, 0) is 24.0 Å². The van der Waals surface area contributed by atoms with E-state index in [-0.39, 0.29) is 24.7 Å². The standard InChI is InChI=1S/C20H35N5O6/c1-10(2)15(23-17(27)12(21)7-8-14(22)26)19(29)25-9-5-6-13(25)18(28)24-16(11(3)4)20(30)31/h10-13,15-16H,5-9,21H2,1-4H3,(H2,22,26)(H,23,27)(H,24,28)(H,30,31). The summed E-state index contributed by atoms with van der Waals surface area (Å²) in [4.78, 5) is 62.0. The first-order chi connectivity index (χ1) is 14.4. The zero-order valence-electron chi connectivity index (χ0n) is 18.6. The first-order valence-corrected chi connectivity index (χ1v) is 10.5. The lowest BCUT2D eigenvalue weighted by atomic mass is 10.0. The van der Waals surface area contributed by atoms with Gasteiger partial charge in [0.05, 0.1) is 6.04 Å². The summed E-state index contributed by atoms with van der Waals surface area (Å²) in [6, 6.07) is -3.79. The minimum atomic E-state index is -1.14. The van der Waals surface area contributed by atoms with Crippen LogP contribution < -0.4 is 22.1 Å². The van der Waals surface area contributed by atoms with E-state index < -0.39 is 53.8 Å². The van der Waals surface area contributed by atoms with E-state index in [0.29, 0.717) is 19.4 Å². The Hall–Kier alpha value is -2.69. The van der Waals surface area contributed by atoms with Gasteiger partial charge in [-0.3, -0.25) is 19.2 Å². The summed E-state index contributed by atoms with van der Waals surface area (Å²) in [5.41, 5.74) is 10.9. The number of carbonyl (C=O) groups excluding carboxylic acids is 4. The van der Waals surface area contributed by atoms with E-state index in [1.54, 1.807) is 27.7 Å². The topological polar surface area (TPSA) is 185 Å². The van der Waals surface area contributed by atoms with Crippen LogP contribution in [0.1, 0.15) is 53.4 Å². The molecular weight excluding hydrogens is 406 g/mol. The molecule has 7 N–H and O–H groups in total. The molecule has 11 nitrogen and oxygen atoms in total. The van der Waals surface area contributed by atoms with Crippen molar-refractivity contribution in [3.8, 4) is 0 Å². The van der Waals surface area contributed by atoms with Crippen LogP contribution in [0.2, 0.25) is 0 Å². The number of carboxylic acids is 1. The Morgan fingerprint density at radius 2 is 1.61 bits per heavy atom. The van der Waals surface area contributed by atoms with Crippen molar-refractivity contribution in [2.75, 3.05) is 6.54 Å². The summed E-state index contributed by atoms with van der Waals surface area (Å²) in [5, 5.41) is 14.5. The largest absolute Gasteiger partial charge is 0.480 e. The third kappa shape index (κ3) is 7.50. The smallest absolute Gasteiger partial charge is 0.326 e. The van der Waals surface area contributed by atoms with Gasteiger partial charge in [0, 0.05) is 13.0 Å². The number of aliphatic carboxylic acids is 1. The van der Waals surface area contributed by atoms with Crippen LogP contribution in [-0.4, -0.2) is 70.3 Å². The summed E-state index contributed by atoms with van der Waals surface area (Å²) in [6.45, 7) is 7.19. The molecule has 0 radical (unpaired) electrons. The number of nitrogens with two attached hydrogens (primary N) is 2. The molecular formula is C20H35N5O6. The Morgan fingerprint density at radius 1 is 1.03 bits per heavy atom. The summed E-state index contributed by atoms with van der Waals surface area (Å²) >= 11 is 0. The lowest BCUT2D eigenvalue weighted by Gasteiger charge is -2.31. The van der Waals surface area contributed by atoms with E-state index in [4.69, 9.17) is 11.5 Å². The first-order valence-electron chi connectivity index (χ1n) is 10.5. The van der Waals surface area contributed by atoms with Gasteiger partial charge in [-0.25, -0.2) is 4.79 Å². The third-order valence-electron chi connectivity index (χ3n) is 5.34. The number of hydrogen-bond acceptors (Lipinski definition) is 6. The number of nitrogens with one attached hydrogen (secondary N) is 2. The molecule has 4 atom stereocenters. The van der Waals surface area contributed by atoms with Gasteiger partial charge >= 0.3 is 5.97 Å². The highest BCUT2D eigenvalue weighted by atomic mass is 16.4. The Morgan fingerprint density at radius 3 is 2.10 bits per heavy atom. The fourth-order valence-corrected chi connectivity index (χ4v) is 3.45. The second kappa shape index (κ2) is 11.6. The lowest BCUT2D eigenvalue weighted by molar-refractivity contribution is -0.146. The monoisotopic (exact) mass is 441 g/mol. The van der Waals surface area contributed by atoms with Crippen molar-refractivity contribution >= 4 is 29.6 Å². The zero-order chi connectivity index (χ0) is 23.9. The number of carboxylic acid groups (broad SMARTS) is 1. The van der Waals surface area contributed by atoms with Crippen LogP contribution in [0.3, 0.4) is 0 Å². The summed E-state index contributed by atoms with van der Waals surface area (Å²) < 4.78 is 0. The molecule has 0 aromatic heterocycles. The van der Waals surface area contributed by atoms with E-state index in [1.807, 2.05) is 0 Å². The number of carbonyl (C=O) groups is 5. The van der Waals surface area contributed by atoms with Crippen molar-refractivity contribution in [3.63, 3.8) is 0 Å². The second-order valence-corrected chi connectivity index (χ2v) is 8.60. The average molecular weight is 442 g/mol. The minimum Gasteiger partial charge on any atom is -0.480 e. The maximum atomic E-state index is 13.2. The lowest BCUT2D eigenvalue weighted by Crippen LogP contribution is -2.58. The zero-order valence-corrected chi connectivity index (χ0v) is 18.6. The molecule has 1 rings (SSSR count). The van der Waals surface area contributed by atoms with Gasteiger partial charge in [-0.05, 0) is 31.1 Å². The van der Waals surface area contributed by atoms with Gasteiger partial charge in [-0.1, -0.05) is 27.7 Å². The molecule has 1 aliphatic heterocycles. The number of primary amides is 1. The second-order valence-electron chi connectivity index (χ2n) is 8.60. The van der Waals surface area contributed by atoms with Gasteiger partial charge < -0.3 is 32.1 Å². The van der Waals surface area contributed by atoms with Gasteiger partial charge in [-0.15, -0.1) is 0 Å². The first kappa shape index (κ1) is 26.3. The summed E-state index contributed by atoms with van der Waals surface area (Å²) in [5.74, 6) is -3.87. The van der Waals surface area contributed by atoms with E-state index >= 15 is 0 Å². The van der Waals surface area contributed by atoms with Gasteiger partial charge in [0.1, 0.15) is 18.1 Å². The molecule has 0 saturated carbocycles. The Balaban J connectivity index is 2.89. The average Bonchev–Trinajstić information content (AvgIpc) is 3.16. The van der Waals surface area contributed by atoms with Crippen molar-refractivity contribution in [1.82, 2.24) is 15.5 Å². The van der Waals surface area contributed by atoms with E-state index in [2.05, 4.69) is 10.6 Å². The SMILES string of the molecule is CC(C)C(NC(=O)C1CCCN1C(=O)C(NC(=O)C(N)CCC(N)=O)C(C)C)C(=O)O. The molecule has 176 valence electrons. The van der Waals surface area contributed by atoms with Gasteiger partial charge in [0.2, 0.25) is 23.6 Å². The molecule has 4 unspecified atom stereocenters. The minimum absolute atomic E-state index is 0.0517. The van der Waals surface area contributed by atoms with Gasteiger partial charge in [-0.2, -0.15) is 0 Å². The van der Waals surface area contributed by atoms with E-state index in [9.17, 15) is 29.1 Å². The molecule has 0 bridgehead atoms. The van der Waals surface area contributed by atoms with Crippen LogP contribution in [0.4, 0.5) is 0 Å². The molecule has 1 heterocycles. The number of amides is 4. The summed E-state index contributed by atoms with van der Waals surface area (Å²) in [7, 11) is 0. The fraction of sp³-hybridized carbons (Fsp3) is 0.750. The van der Waals surface area contributed by atoms with Crippen molar-refractivity contribution in [1.29, 1.82) is 0 Å². The molecule has 1 aliphatic rings. The molecule has 0 aromatic carbocycles. The molecule has 1 fully saturated rings. The normalized spacial score (nSPS) is 19.1. The number of nitrogens with zero attached hydrogens (tertiary/aromatic N) is 1. The predicted octanol–water partition coefficient (Wildman–Crippen LogP) is -1.06. The highest BCUT2D eigenvalue weighted by Gasteiger charge is 2.40. The molecule has 11 heteroatoms. The quantitative estimate of drug-likeness (QED) is 0.270. The Bertz CT molecular complexity index is 696. The molecule has 31 heavy (non-hydrogen) atoms. The molecule has 0 spiro atoms. The number of rotatable bonds is 11. The van der Waals surface area contributed by atoms with Crippen LogP contribution in [0, 0.1) is 11.8 Å². The highest BCUT2D eigenvalue weighted by Crippen LogP contribution is 2.21. The van der Waals surface area contributed by atoms with Crippen LogP contribution >= 0.6 is 0 Å². The van der Waals surface area contributed by atoms with Crippen LogP contribution in [0.15, 0.2) is 0 Å². The highest BCUT2D eigenvalue weighted by molar-refractivity contribution is 5.94. The van der Waals surface area contributed by atoms with E-state index in [0.717, 1.165) is 0 Å². The Labute approximate surface area is 182 Å². The number of hydrogen-bond donors (Lipinski definition) is 5. The maximum Gasteiger partial charge on any atom is 0.326 e. The summed E-state index contributed by atoms with van der Waals surface area (Å²) in [6.07, 6.45) is 0.990. The predicted molar refractivity (Wildman–Crippen MR) is 112 cm³/mol. The van der Waals surface area contributed by atoms with Crippen molar-refractivity contribution in [2.24, 2.45) is 23.3 Å². The van der Waals surface area contributed by atoms with Crippen LogP contribution in [0.5, 0.6) is 0 Å². The Kier molecular flexibility index (Phi) is 9.89. The van der Waals surface area contributed by atoms with Crippen molar-refractivity contribution in [2.45, 2.75) is 77.5 Å². The van der Waals surface area contributed by atoms with Crippen LogP contribution in [0.25, 0.3) is 0 Å². The van der Waals surface area contributed by atoms with Gasteiger partial charge in [0.15, 0.2) is 0 Å². The molecule has 4 amide bonds. The molecule has 0 aliphatic carbocycles. The third-order valence-corrected chi connectivity index (χ3v) is 5.34. The van der Waals surface area contributed by atoms with E-state index in [1.165, 1.54) is 4.90 Å². The van der Waals surface area contributed by atoms with Gasteiger partial charge in [0.25, 0.3) is 0 Å². The molecule has 1 saturated heterocycles. The molecule has 0 aromatic rings. The maximum absolute atomic E-state index is 13.2. The van der Waals surface area contributed by atoms with Crippen molar-refractivity contribution in [3.05, 3.63) is 0 Å². The van der Waals surface area contributed by atoms with Crippen molar-refractivity contribution < 1.29 is 29.1 Å². The number of likely N-dealkylation sites (tertiary alicyclic amines) is 1.